The van der Waals surface area contributed by atoms with E-state index < -0.39 is 6.04 Å². The lowest BCUT2D eigenvalue weighted by atomic mass is 10.1. The van der Waals surface area contributed by atoms with Crippen molar-refractivity contribution in [2.75, 3.05) is 7.05 Å². The number of benzene rings is 2. The van der Waals surface area contributed by atoms with E-state index in [1.54, 1.807) is 18.9 Å². The number of hydrogen-bond acceptors (Lipinski definition) is 2. The molecule has 4 nitrogen and oxygen atoms in total. The normalized spacial score (nSPS) is 11.6. The molecular weight excluding hydrogens is 312 g/mol. The number of carbonyl (C=O) groups is 2. The first-order valence-electron chi connectivity index (χ1n) is 8.62. The molecule has 25 heavy (non-hydrogen) atoms. The molecule has 1 atom stereocenters. The van der Waals surface area contributed by atoms with Crippen molar-refractivity contribution in [3.63, 3.8) is 0 Å². The molecule has 1 unspecified atom stereocenters. The quantitative estimate of drug-likeness (QED) is 0.843. The molecule has 132 valence electrons. The van der Waals surface area contributed by atoms with Crippen LogP contribution in [0.5, 0.6) is 0 Å². The molecule has 2 aromatic carbocycles. The van der Waals surface area contributed by atoms with E-state index in [4.69, 9.17) is 0 Å². The Morgan fingerprint density at radius 1 is 1.00 bits per heavy atom. The van der Waals surface area contributed by atoms with Crippen molar-refractivity contribution >= 4 is 11.8 Å². The third kappa shape index (κ3) is 5.45. The molecule has 0 fully saturated rings. The van der Waals surface area contributed by atoms with E-state index in [-0.39, 0.29) is 11.8 Å². The fraction of sp³-hybridized carbons (Fsp3) is 0.333. The topological polar surface area (TPSA) is 49.4 Å². The third-order valence-electron chi connectivity index (χ3n) is 4.36. The molecule has 0 spiro atoms. The summed E-state index contributed by atoms with van der Waals surface area (Å²) in [7, 11) is 1.59. The molecule has 2 amide bonds. The van der Waals surface area contributed by atoms with Gasteiger partial charge in [-0.15, -0.1) is 0 Å². The van der Waals surface area contributed by atoms with E-state index in [2.05, 4.69) is 5.32 Å². The molecule has 2 aromatic rings. The van der Waals surface area contributed by atoms with Crippen LogP contribution in [0.15, 0.2) is 54.6 Å². The van der Waals surface area contributed by atoms with Crippen LogP contribution in [-0.2, 0) is 22.6 Å². The average Bonchev–Trinajstić information content (AvgIpc) is 2.65. The highest BCUT2D eigenvalue weighted by Crippen LogP contribution is 2.13. The summed E-state index contributed by atoms with van der Waals surface area (Å²) in [6.07, 6.45) is 1.06. The van der Waals surface area contributed by atoms with Crippen LogP contribution in [0.25, 0.3) is 0 Å². The van der Waals surface area contributed by atoms with Crippen LogP contribution in [0.4, 0.5) is 0 Å². The first-order chi connectivity index (χ1) is 12.0. The van der Waals surface area contributed by atoms with Gasteiger partial charge in [-0.05, 0) is 31.4 Å². The summed E-state index contributed by atoms with van der Waals surface area (Å²) >= 11 is 0. The van der Waals surface area contributed by atoms with Crippen molar-refractivity contribution < 1.29 is 9.59 Å². The van der Waals surface area contributed by atoms with E-state index in [1.165, 1.54) is 5.56 Å². The van der Waals surface area contributed by atoms with Crippen molar-refractivity contribution in [3.05, 3.63) is 71.3 Å². The predicted octanol–water partition coefficient (Wildman–Crippen LogP) is 3.09. The molecule has 0 saturated carbocycles. The minimum absolute atomic E-state index is 0.0134. The number of likely N-dealkylation sites (N-methyl/N-ethyl adjacent to an activating group) is 1. The number of carbonyl (C=O) groups excluding carboxylic acids is 2. The third-order valence-corrected chi connectivity index (χ3v) is 4.36. The Morgan fingerprint density at radius 3 is 2.24 bits per heavy atom. The molecule has 4 heteroatoms. The Bertz CT molecular complexity index is 696. The van der Waals surface area contributed by atoms with Gasteiger partial charge in [-0.3, -0.25) is 9.59 Å². The Hall–Kier alpha value is -2.62. The van der Waals surface area contributed by atoms with Crippen molar-refractivity contribution in [2.24, 2.45) is 0 Å². The van der Waals surface area contributed by atoms with E-state index in [0.29, 0.717) is 19.4 Å². The molecule has 1 N–H and O–H groups in total. The number of rotatable bonds is 7. The van der Waals surface area contributed by atoms with Gasteiger partial charge in [-0.1, -0.05) is 60.2 Å². The molecule has 2 rings (SSSR count). The Kier molecular flexibility index (Phi) is 6.75. The largest absolute Gasteiger partial charge is 0.357 e. The van der Waals surface area contributed by atoms with E-state index in [0.717, 1.165) is 11.1 Å². The molecule has 0 aliphatic rings. The SMILES string of the molecule is CNC(=O)C(C)N(Cc1ccc(C)cc1)C(=O)CCc1ccccc1. The minimum atomic E-state index is -0.505. The second-order valence-corrected chi connectivity index (χ2v) is 6.28. The summed E-state index contributed by atoms with van der Waals surface area (Å²) in [5.74, 6) is -0.166. The number of aryl methyl sites for hydroxylation is 2. The molecule has 0 aliphatic heterocycles. The fourth-order valence-corrected chi connectivity index (χ4v) is 2.72. The van der Waals surface area contributed by atoms with Gasteiger partial charge in [-0.25, -0.2) is 0 Å². The van der Waals surface area contributed by atoms with Gasteiger partial charge in [0.25, 0.3) is 0 Å². The van der Waals surface area contributed by atoms with Crippen molar-refractivity contribution in [1.29, 1.82) is 0 Å². The Labute approximate surface area is 149 Å². The second-order valence-electron chi connectivity index (χ2n) is 6.28. The highest BCUT2D eigenvalue weighted by Gasteiger charge is 2.25. The van der Waals surface area contributed by atoms with Crippen LogP contribution in [-0.4, -0.2) is 29.8 Å². The highest BCUT2D eigenvalue weighted by molar-refractivity contribution is 5.87. The Balaban J connectivity index is 2.10. The van der Waals surface area contributed by atoms with Crippen LogP contribution in [0.1, 0.15) is 30.0 Å². The minimum Gasteiger partial charge on any atom is -0.357 e. The maximum atomic E-state index is 12.8. The molecule has 0 aromatic heterocycles. The standard InChI is InChI=1S/C21H26N2O2/c1-16-9-11-19(12-10-16)15-23(17(2)21(25)22-3)20(24)14-13-18-7-5-4-6-8-18/h4-12,17H,13-15H2,1-3H3,(H,22,25). The van der Waals surface area contributed by atoms with Crippen LogP contribution in [0, 0.1) is 6.92 Å². The molecule has 0 bridgehead atoms. The summed E-state index contributed by atoms with van der Waals surface area (Å²) in [5, 5.41) is 2.64. The monoisotopic (exact) mass is 338 g/mol. The van der Waals surface area contributed by atoms with Crippen LogP contribution in [0.2, 0.25) is 0 Å². The van der Waals surface area contributed by atoms with Gasteiger partial charge in [0, 0.05) is 20.0 Å². The molecule has 0 saturated heterocycles. The maximum absolute atomic E-state index is 12.8. The van der Waals surface area contributed by atoms with Crippen molar-refractivity contribution in [2.45, 2.75) is 39.3 Å². The van der Waals surface area contributed by atoms with Crippen molar-refractivity contribution in [3.8, 4) is 0 Å². The van der Waals surface area contributed by atoms with Gasteiger partial charge in [0.15, 0.2) is 0 Å². The summed E-state index contributed by atoms with van der Waals surface area (Å²) in [6.45, 7) is 4.23. The van der Waals surface area contributed by atoms with Crippen LogP contribution >= 0.6 is 0 Å². The zero-order valence-electron chi connectivity index (χ0n) is 15.2. The predicted molar refractivity (Wildman–Crippen MR) is 100 cm³/mol. The second kappa shape index (κ2) is 9.02. The van der Waals surface area contributed by atoms with Gasteiger partial charge in [0.2, 0.25) is 11.8 Å². The van der Waals surface area contributed by atoms with Crippen LogP contribution < -0.4 is 5.32 Å². The first-order valence-corrected chi connectivity index (χ1v) is 8.62. The summed E-state index contributed by atoms with van der Waals surface area (Å²) in [6, 6.07) is 17.5. The number of nitrogens with one attached hydrogen (secondary N) is 1. The summed E-state index contributed by atoms with van der Waals surface area (Å²) < 4.78 is 0. The van der Waals surface area contributed by atoms with Gasteiger partial charge in [0.1, 0.15) is 6.04 Å². The van der Waals surface area contributed by atoms with E-state index in [9.17, 15) is 9.59 Å². The summed E-state index contributed by atoms with van der Waals surface area (Å²) in [5.41, 5.74) is 3.32. The average molecular weight is 338 g/mol. The lowest BCUT2D eigenvalue weighted by Gasteiger charge is -2.28. The molecular formula is C21H26N2O2. The van der Waals surface area contributed by atoms with Crippen LogP contribution in [0.3, 0.4) is 0 Å². The zero-order valence-corrected chi connectivity index (χ0v) is 15.2. The smallest absolute Gasteiger partial charge is 0.242 e. The van der Waals surface area contributed by atoms with Gasteiger partial charge in [0.05, 0.1) is 0 Å². The Morgan fingerprint density at radius 2 is 1.64 bits per heavy atom. The highest BCUT2D eigenvalue weighted by atomic mass is 16.2. The lowest BCUT2D eigenvalue weighted by Crippen LogP contribution is -2.46. The number of amides is 2. The lowest BCUT2D eigenvalue weighted by molar-refractivity contribution is -0.140. The number of hydrogen-bond donors (Lipinski definition) is 1. The first kappa shape index (κ1) is 18.7. The molecule has 0 radical (unpaired) electrons. The van der Waals surface area contributed by atoms with Gasteiger partial charge >= 0.3 is 0 Å². The molecule has 0 heterocycles. The van der Waals surface area contributed by atoms with Gasteiger partial charge < -0.3 is 10.2 Å². The zero-order chi connectivity index (χ0) is 18.2. The maximum Gasteiger partial charge on any atom is 0.242 e. The van der Waals surface area contributed by atoms with E-state index >= 15 is 0 Å². The van der Waals surface area contributed by atoms with Gasteiger partial charge in [-0.2, -0.15) is 0 Å². The van der Waals surface area contributed by atoms with E-state index in [1.807, 2.05) is 61.5 Å². The number of nitrogens with zero attached hydrogens (tertiary/aromatic N) is 1. The summed E-state index contributed by atoms with van der Waals surface area (Å²) in [4.78, 5) is 26.5. The fourth-order valence-electron chi connectivity index (χ4n) is 2.72. The van der Waals surface area contributed by atoms with Crippen molar-refractivity contribution in [1.82, 2.24) is 10.2 Å². The molecule has 0 aliphatic carbocycles.